The summed E-state index contributed by atoms with van der Waals surface area (Å²) in [5, 5.41) is 7.24. The van der Waals surface area contributed by atoms with Gasteiger partial charge in [-0.15, -0.1) is 0 Å². The number of nitrogens with one attached hydrogen (secondary N) is 1. The molecule has 32 heavy (non-hydrogen) atoms. The van der Waals surface area contributed by atoms with Crippen molar-refractivity contribution in [3.63, 3.8) is 0 Å². The molecule has 3 amide bonds. The predicted molar refractivity (Wildman–Crippen MR) is 120 cm³/mol. The van der Waals surface area contributed by atoms with E-state index in [1.54, 1.807) is 54.1 Å². The SMILES string of the molecule is Cc1cc(C(=O)NC2CCCC(C(=O)N(C)Cc3cccnc3)CC(=O)N(C)C2)nn1C. The van der Waals surface area contributed by atoms with Crippen molar-refractivity contribution in [1.29, 1.82) is 0 Å². The van der Waals surface area contributed by atoms with Crippen LogP contribution in [0.3, 0.4) is 0 Å². The number of carbonyl (C=O) groups excluding carboxylic acids is 3. The van der Waals surface area contributed by atoms with Gasteiger partial charge in [-0.25, -0.2) is 0 Å². The second-order valence-electron chi connectivity index (χ2n) is 8.63. The largest absolute Gasteiger partial charge is 0.346 e. The minimum atomic E-state index is -0.375. The highest BCUT2D eigenvalue weighted by atomic mass is 16.2. The van der Waals surface area contributed by atoms with Crippen LogP contribution in [0.25, 0.3) is 0 Å². The molecule has 2 aromatic rings. The summed E-state index contributed by atoms with van der Waals surface area (Å²) in [6.45, 7) is 2.75. The highest BCUT2D eigenvalue weighted by molar-refractivity contribution is 5.92. The molecule has 2 aromatic heterocycles. The van der Waals surface area contributed by atoms with Gasteiger partial charge in [0, 0.05) is 70.7 Å². The van der Waals surface area contributed by atoms with Crippen LogP contribution in [0.5, 0.6) is 0 Å². The number of aromatic nitrogens is 3. The van der Waals surface area contributed by atoms with Gasteiger partial charge >= 0.3 is 0 Å². The zero-order valence-corrected chi connectivity index (χ0v) is 19.2. The average Bonchev–Trinajstić information content (AvgIpc) is 3.13. The molecule has 1 fully saturated rings. The Hall–Kier alpha value is -3.23. The van der Waals surface area contributed by atoms with Crippen LogP contribution in [-0.4, -0.2) is 69.0 Å². The molecule has 1 aliphatic heterocycles. The molecule has 2 unspecified atom stereocenters. The third-order valence-electron chi connectivity index (χ3n) is 6.00. The van der Waals surface area contributed by atoms with Gasteiger partial charge in [0.25, 0.3) is 5.91 Å². The van der Waals surface area contributed by atoms with E-state index in [9.17, 15) is 14.4 Å². The zero-order chi connectivity index (χ0) is 23.3. The van der Waals surface area contributed by atoms with E-state index < -0.39 is 0 Å². The summed E-state index contributed by atoms with van der Waals surface area (Å²) in [4.78, 5) is 45.8. The van der Waals surface area contributed by atoms with Crippen molar-refractivity contribution in [3.05, 3.63) is 47.5 Å². The molecule has 3 rings (SSSR count). The molecular weight excluding hydrogens is 408 g/mol. The summed E-state index contributed by atoms with van der Waals surface area (Å²) >= 11 is 0. The van der Waals surface area contributed by atoms with Gasteiger partial charge < -0.3 is 15.1 Å². The summed E-state index contributed by atoms with van der Waals surface area (Å²) in [5.41, 5.74) is 2.21. The zero-order valence-electron chi connectivity index (χ0n) is 19.2. The molecule has 0 aliphatic carbocycles. The first kappa shape index (κ1) is 23.4. The van der Waals surface area contributed by atoms with Gasteiger partial charge in [-0.3, -0.25) is 24.0 Å². The van der Waals surface area contributed by atoms with Crippen LogP contribution in [0.1, 0.15) is 47.4 Å². The first-order chi connectivity index (χ1) is 15.2. The van der Waals surface area contributed by atoms with Crippen molar-refractivity contribution in [3.8, 4) is 0 Å². The van der Waals surface area contributed by atoms with Crippen LogP contribution >= 0.6 is 0 Å². The third-order valence-corrected chi connectivity index (χ3v) is 6.00. The smallest absolute Gasteiger partial charge is 0.272 e. The van der Waals surface area contributed by atoms with E-state index in [2.05, 4.69) is 15.4 Å². The molecule has 3 heterocycles. The molecule has 0 radical (unpaired) electrons. The van der Waals surface area contributed by atoms with E-state index in [1.807, 2.05) is 19.1 Å². The Balaban J connectivity index is 1.63. The topological polar surface area (TPSA) is 100 Å². The van der Waals surface area contributed by atoms with Gasteiger partial charge in [0.05, 0.1) is 0 Å². The van der Waals surface area contributed by atoms with Gasteiger partial charge in [0.1, 0.15) is 5.69 Å². The number of nitrogens with zero attached hydrogens (tertiary/aromatic N) is 5. The van der Waals surface area contributed by atoms with Gasteiger partial charge in [-0.05, 0) is 37.5 Å². The van der Waals surface area contributed by atoms with Crippen LogP contribution in [0.15, 0.2) is 30.6 Å². The van der Waals surface area contributed by atoms with E-state index in [-0.39, 0.29) is 36.1 Å². The maximum absolute atomic E-state index is 13.1. The van der Waals surface area contributed by atoms with Crippen molar-refractivity contribution in [2.24, 2.45) is 13.0 Å². The molecular formula is C23H32N6O3. The highest BCUT2D eigenvalue weighted by Crippen LogP contribution is 2.21. The molecule has 0 saturated carbocycles. The minimum Gasteiger partial charge on any atom is -0.346 e. The van der Waals surface area contributed by atoms with Crippen LogP contribution in [-0.2, 0) is 23.2 Å². The summed E-state index contributed by atoms with van der Waals surface area (Å²) in [5.74, 6) is -0.753. The fraction of sp³-hybridized carbons (Fsp3) is 0.522. The normalized spacial score (nSPS) is 19.6. The number of rotatable bonds is 5. The molecule has 9 heteroatoms. The lowest BCUT2D eigenvalue weighted by Crippen LogP contribution is -2.44. The molecule has 9 nitrogen and oxygen atoms in total. The maximum Gasteiger partial charge on any atom is 0.272 e. The van der Waals surface area contributed by atoms with Gasteiger partial charge in [0.2, 0.25) is 11.8 Å². The number of pyridine rings is 1. The van der Waals surface area contributed by atoms with E-state index in [4.69, 9.17) is 0 Å². The van der Waals surface area contributed by atoms with Crippen LogP contribution < -0.4 is 5.32 Å². The van der Waals surface area contributed by atoms with Gasteiger partial charge in [-0.1, -0.05) is 12.5 Å². The lowest BCUT2D eigenvalue weighted by molar-refractivity contribution is -0.140. The van der Waals surface area contributed by atoms with Gasteiger partial charge in [-0.2, -0.15) is 5.10 Å². The quantitative estimate of drug-likeness (QED) is 0.760. The Bertz CT molecular complexity index is 938. The molecule has 0 spiro atoms. The third kappa shape index (κ3) is 5.93. The van der Waals surface area contributed by atoms with E-state index in [1.165, 1.54) is 0 Å². The first-order valence-electron chi connectivity index (χ1n) is 10.9. The Morgan fingerprint density at radius 3 is 2.72 bits per heavy atom. The Morgan fingerprint density at radius 1 is 1.28 bits per heavy atom. The summed E-state index contributed by atoms with van der Waals surface area (Å²) in [6, 6.07) is 5.31. The number of amides is 3. The standard InChI is InChI=1S/C23H32N6O3/c1-16-11-20(26-29(16)4)22(31)25-19-9-5-8-18(12-21(30)27(2)15-19)23(32)28(3)14-17-7-6-10-24-13-17/h6-7,10-11,13,18-19H,5,8-9,12,14-15H2,1-4H3,(H,25,31). The summed E-state index contributed by atoms with van der Waals surface area (Å²) in [7, 11) is 5.27. The van der Waals surface area contributed by atoms with Crippen LogP contribution in [0.4, 0.5) is 0 Å². The monoisotopic (exact) mass is 440 g/mol. The average molecular weight is 441 g/mol. The Morgan fingerprint density at radius 2 is 2.06 bits per heavy atom. The second-order valence-corrected chi connectivity index (χ2v) is 8.63. The van der Waals surface area contributed by atoms with Crippen molar-refractivity contribution in [2.75, 3.05) is 20.6 Å². The van der Waals surface area contributed by atoms with Crippen molar-refractivity contribution >= 4 is 17.7 Å². The number of hydrogen-bond donors (Lipinski definition) is 1. The predicted octanol–water partition coefficient (Wildman–Crippen LogP) is 1.53. The number of hydrogen-bond acceptors (Lipinski definition) is 5. The van der Waals surface area contributed by atoms with E-state index in [0.717, 1.165) is 17.7 Å². The highest BCUT2D eigenvalue weighted by Gasteiger charge is 2.29. The molecule has 172 valence electrons. The van der Waals surface area contributed by atoms with Crippen molar-refractivity contribution in [1.82, 2.24) is 29.9 Å². The number of aryl methyl sites for hydroxylation is 2. The first-order valence-corrected chi connectivity index (χ1v) is 10.9. The fourth-order valence-electron chi connectivity index (χ4n) is 4.02. The summed E-state index contributed by atoms with van der Waals surface area (Å²) < 4.78 is 1.66. The lowest BCUT2D eigenvalue weighted by Gasteiger charge is -2.25. The maximum atomic E-state index is 13.1. The summed E-state index contributed by atoms with van der Waals surface area (Å²) in [6.07, 6.45) is 5.64. The van der Waals surface area contributed by atoms with Gasteiger partial charge in [0.15, 0.2) is 0 Å². The molecule has 1 saturated heterocycles. The van der Waals surface area contributed by atoms with E-state index >= 15 is 0 Å². The Kier molecular flexibility index (Phi) is 7.61. The molecule has 0 aromatic carbocycles. The number of carbonyl (C=O) groups is 3. The fourth-order valence-corrected chi connectivity index (χ4v) is 4.02. The van der Waals surface area contributed by atoms with Crippen LogP contribution in [0, 0.1) is 12.8 Å². The molecule has 2 atom stereocenters. The molecule has 1 aliphatic rings. The van der Waals surface area contributed by atoms with Crippen molar-refractivity contribution < 1.29 is 14.4 Å². The lowest BCUT2D eigenvalue weighted by atomic mass is 9.95. The second kappa shape index (κ2) is 10.4. The van der Waals surface area contributed by atoms with Crippen LogP contribution in [0.2, 0.25) is 0 Å². The van der Waals surface area contributed by atoms with E-state index in [0.29, 0.717) is 31.6 Å². The molecule has 1 N–H and O–H groups in total. The molecule has 0 bridgehead atoms. The Labute approximate surface area is 188 Å². The van der Waals surface area contributed by atoms with Crippen molar-refractivity contribution in [2.45, 2.75) is 45.2 Å². The minimum absolute atomic E-state index is 0.0398. The number of likely N-dealkylation sites (N-methyl/N-ethyl adjacent to an activating group) is 1.